The molecule has 13 nitrogen and oxygen atoms in total. The summed E-state index contributed by atoms with van der Waals surface area (Å²) in [5, 5.41) is 12.6. The molecule has 4 atom stereocenters. The zero-order valence-corrected chi connectivity index (χ0v) is 32.3. The molecule has 15 heteroatoms. The van der Waals surface area contributed by atoms with Crippen molar-refractivity contribution in [3.05, 3.63) is 55.1 Å². The molecule has 0 bridgehead atoms. The van der Waals surface area contributed by atoms with E-state index in [0.717, 1.165) is 51.1 Å². The van der Waals surface area contributed by atoms with Crippen molar-refractivity contribution < 1.29 is 47.0 Å². The predicted molar refractivity (Wildman–Crippen MR) is 196 cm³/mol. The van der Waals surface area contributed by atoms with Crippen LogP contribution >= 0.6 is 11.6 Å². The van der Waals surface area contributed by atoms with Gasteiger partial charge in [0.2, 0.25) is 5.16 Å². The molecule has 1 aliphatic heterocycles. The number of rotatable bonds is 18. The summed E-state index contributed by atoms with van der Waals surface area (Å²) in [7, 11) is -4.19. The van der Waals surface area contributed by atoms with E-state index in [9.17, 15) is 23.2 Å². The van der Waals surface area contributed by atoms with Gasteiger partial charge in [-0.2, -0.15) is 0 Å². The molecule has 4 rings (SSSR count). The van der Waals surface area contributed by atoms with Gasteiger partial charge in [-0.25, -0.2) is 8.42 Å². The lowest BCUT2D eigenvalue weighted by Crippen LogP contribution is -2.49. The second-order valence-corrected chi connectivity index (χ2v) is 16.1. The minimum Gasteiger partial charge on any atom is -0.464 e. The average molecular weight is 776 g/mol. The van der Waals surface area contributed by atoms with Crippen molar-refractivity contribution in [2.45, 2.75) is 62.3 Å². The van der Waals surface area contributed by atoms with Crippen LogP contribution in [0.25, 0.3) is 0 Å². The number of nitrogens with zero attached hydrogens (tertiary/aromatic N) is 4. The highest BCUT2D eigenvalue weighted by atomic mass is 35.5. The van der Waals surface area contributed by atoms with Crippen molar-refractivity contribution in [1.29, 1.82) is 0 Å². The lowest BCUT2D eigenvalue weighted by molar-refractivity contribution is -1.06. The summed E-state index contributed by atoms with van der Waals surface area (Å²) in [4.78, 5) is 29.0. The van der Waals surface area contributed by atoms with Gasteiger partial charge in [0.05, 0.1) is 4.90 Å². The molecule has 53 heavy (non-hydrogen) atoms. The Kier molecular flexibility index (Phi) is 15.8. The van der Waals surface area contributed by atoms with E-state index in [4.69, 9.17) is 25.8 Å². The third-order valence-corrected chi connectivity index (χ3v) is 12.4. The molecule has 2 heterocycles. The predicted octanol–water partition coefficient (Wildman–Crippen LogP) is 4.33. The van der Waals surface area contributed by atoms with Crippen LogP contribution in [0.2, 0.25) is 0 Å². The maximum Gasteiger partial charge on any atom is 0.446 e. The fourth-order valence-corrected chi connectivity index (χ4v) is 8.47. The Hall–Kier alpha value is -3.90. The number of hydrogen-bond acceptors (Lipinski definition) is 12. The lowest BCUT2D eigenvalue weighted by Gasteiger charge is -2.46. The van der Waals surface area contributed by atoms with Crippen molar-refractivity contribution in [2.75, 3.05) is 65.0 Å². The van der Waals surface area contributed by atoms with Crippen LogP contribution in [-0.2, 0) is 28.9 Å². The van der Waals surface area contributed by atoms with Gasteiger partial charge in [-0.15, -0.1) is 18.2 Å². The molecule has 1 N–H and O–H groups in total. The first-order chi connectivity index (χ1) is 25.4. The fraction of sp³-hybridized carbons (Fsp3) is 0.579. The SMILES string of the molecule is C=C[C@]1(C)CC[C@@H](C(C)CN2CCN(CCOC(=O)CCCC(=O)OCC#CCOc3no[n+](O)c3S(=O)(=O)c3ccccc3)CC2)C[C@H]1C(=C)CCl. The molecule has 1 aromatic carbocycles. The van der Waals surface area contributed by atoms with Crippen molar-refractivity contribution in [1.82, 2.24) is 15.0 Å². The fourth-order valence-electron chi connectivity index (χ4n) is 6.98. The minimum atomic E-state index is -4.19. The van der Waals surface area contributed by atoms with Crippen LogP contribution in [-0.4, -0.2) is 105 Å². The Morgan fingerprint density at radius 3 is 2.47 bits per heavy atom. The van der Waals surface area contributed by atoms with E-state index in [1.54, 1.807) is 6.07 Å². The Balaban J connectivity index is 1.04. The second kappa shape index (κ2) is 20.0. The zero-order chi connectivity index (χ0) is 38.4. The van der Waals surface area contributed by atoms with Crippen LogP contribution in [0.5, 0.6) is 5.88 Å². The summed E-state index contributed by atoms with van der Waals surface area (Å²) in [6.45, 7) is 18.4. The molecule has 1 unspecified atom stereocenters. The Labute approximate surface area is 317 Å². The number of halogens is 1. The van der Waals surface area contributed by atoms with Crippen molar-refractivity contribution >= 4 is 33.4 Å². The number of hydrogen-bond donors (Lipinski definition) is 1. The third-order valence-electron chi connectivity index (χ3n) is 10.3. The normalized spacial score (nSPS) is 21.5. The average Bonchev–Trinajstić information content (AvgIpc) is 3.54. The highest BCUT2D eigenvalue weighted by Gasteiger charge is 2.41. The molecule has 290 valence electrons. The van der Waals surface area contributed by atoms with Gasteiger partial charge in [0, 0.05) is 58.0 Å². The summed E-state index contributed by atoms with van der Waals surface area (Å²) >= 11 is 6.20. The first-order valence-corrected chi connectivity index (χ1v) is 20.0. The number of alkyl halides is 1. The molecule has 2 aliphatic rings. The van der Waals surface area contributed by atoms with Crippen LogP contribution in [0.4, 0.5) is 0 Å². The molecule has 2 aromatic rings. The van der Waals surface area contributed by atoms with Crippen LogP contribution in [0, 0.1) is 35.0 Å². The third kappa shape index (κ3) is 11.8. The topological polar surface area (TPSA) is 153 Å². The highest BCUT2D eigenvalue weighted by molar-refractivity contribution is 7.91. The smallest absolute Gasteiger partial charge is 0.446 e. The van der Waals surface area contributed by atoms with Crippen molar-refractivity contribution in [3.8, 4) is 17.7 Å². The van der Waals surface area contributed by atoms with Crippen LogP contribution in [0.15, 0.2) is 69.7 Å². The van der Waals surface area contributed by atoms with Crippen LogP contribution in [0.1, 0.15) is 52.4 Å². The molecule has 1 saturated carbocycles. The number of sulfone groups is 1. The maximum absolute atomic E-state index is 12.8. The van der Waals surface area contributed by atoms with Gasteiger partial charge < -0.3 is 24.3 Å². The molecular weight excluding hydrogens is 724 g/mol. The molecule has 0 radical (unpaired) electrons. The van der Waals surface area contributed by atoms with Gasteiger partial charge in [0.15, 0.2) is 18.1 Å². The number of piperazine rings is 1. The number of allylic oxidation sites excluding steroid dienone is 2. The van der Waals surface area contributed by atoms with Gasteiger partial charge >= 0.3 is 22.8 Å². The minimum absolute atomic E-state index is 0.000179. The Morgan fingerprint density at radius 2 is 1.79 bits per heavy atom. The van der Waals surface area contributed by atoms with E-state index in [1.165, 1.54) is 30.7 Å². The van der Waals surface area contributed by atoms with E-state index in [2.05, 4.69) is 64.5 Å². The molecule has 0 amide bonds. The monoisotopic (exact) mass is 775 g/mol. The first-order valence-electron chi connectivity index (χ1n) is 18.0. The van der Waals surface area contributed by atoms with E-state index in [1.807, 2.05) is 0 Å². The summed E-state index contributed by atoms with van der Waals surface area (Å²) in [5.41, 5.74) is 1.19. The zero-order valence-electron chi connectivity index (χ0n) is 30.7. The summed E-state index contributed by atoms with van der Waals surface area (Å²) in [5.74, 6) is 5.88. The number of carbonyl (C=O) groups is 2. The Morgan fingerprint density at radius 1 is 1.13 bits per heavy atom. The van der Waals surface area contributed by atoms with Gasteiger partial charge in [0.25, 0.3) is 9.84 Å². The number of carbonyl (C=O) groups excluding carboxylic acids is 2. The van der Waals surface area contributed by atoms with Crippen LogP contribution in [0.3, 0.4) is 0 Å². The molecule has 1 aliphatic carbocycles. The van der Waals surface area contributed by atoms with Crippen LogP contribution < -0.4 is 9.64 Å². The van der Waals surface area contributed by atoms with E-state index < -0.39 is 26.7 Å². The first kappa shape index (κ1) is 41.9. The van der Waals surface area contributed by atoms with Gasteiger partial charge in [0.1, 0.15) is 6.61 Å². The number of ether oxygens (including phenoxy) is 3. The second-order valence-electron chi connectivity index (χ2n) is 14.0. The highest BCUT2D eigenvalue weighted by Crippen LogP contribution is 2.49. The lowest BCUT2D eigenvalue weighted by atomic mass is 9.60. The van der Waals surface area contributed by atoms with Gasteiger partial charge in [-0.1, -0.05) is 62.1 Å². The quantitative estimate of drug-likeness (QED) is 0.0755. The molecule has 2 fully saturated rings. The van der Waals surface area contributed by atoms with Gasteiger partial charge in [-0.3, -0.25) is 14.5 Å². The van der Waals surface area contributed by atoms with E-state index >= 15 is 0 Å². The van der Waals surface area contributed by atoms with Crippen molar-refractivity contribution in [3.63, 3.8) is 0 Å². The molecule has 0 spiro atoms. The van der Waals surface area contributed by atoms with E-state index in [0.29, 0.717) is 36.8 Å². The number of esters is 2. The summed E-state index contributed by atoms with van der Waals surface area (Å²) in [6, 6.07) is 7.40. The Bertz CT molecular complexity index is 1720. The molecule has 1 aromatic heterocycles. The number of benzene rings is 1. The van der Waals surface area contributed by atoms with E-state index in [-0.39, 0.29) is 53.7 Å². The standard InChI is InChI=1S/C38H52ClN4O9S/c1-5-38(4)17-16-31(26-33(38)29(2)27-39)30(3)28-42-20-18-41(19-21-42)22-25-50-35(45)15-11-14-34(44)49-23-9-10-24-51-36-37(43(46)52-40-36)53(47,48)32-12-7-6-8-13-32/h5-8,12-13,30-31,33,46H,1-2,11,14-28H2,3-4H3/q+1/t30?,31-,33+,38-/m1/s1. The molecular formula is C38H52ClN4O9S+. The number of aromatic nitrogens is 2. The largest absolute Gasteiger partial charge is 0.464 e. The van der Waals surface area contributed by atoms with Gasteiger partial charge in [-0.05, 0) is 65.6 Å². The summed E-state index contributed by atoms with van der Waals surface area (Å²) in [6.07, 6.45) is 5.94. The summed E-state index contributed by atoms with van der Waals surface area (Å²) < 4.78 is 45.9. The van der Waals surface area contributed by atoms with Crippen molar-refractivity contribution in [2.24, 2.45) is 23.2 Å². The molecule has 1 saturated heterocycles. The maximum atomic E-state index is 12.8.